The number of sulfonamides is 1. The summed E-state index contributed by atoms with van der Waals surface area (Å²) in [5.74, 6) is -1.14. The summed E-state index contributed by atoms with van der Waals surface area (Å²) in [5, 5.41) is 9.17. The second-order valence-electron chi connectivity index (χ2n) is 5.50. The van der Waals surface area contributed by atoms with E-state index in [1.807, 2.05) is 19.0 Å². The van der Waals surface area contributed by atoms with Gasteiger partial charge in [0.1, 0.15) is 10.6 Å². The highest BCUT2D eigenvalue weighted by Crippen LogP contribution is 2.21. The van der Waals surface area contributed by atoms with Gasteiger partial charge >= 0.3 is 5.97 Å². The third-order valence-electron chi connectivity index (χ3n) is 3.17. The summed E-state index contributed by atoms with van der Waals surface area (Å²) in [4.78, 5) is 13.1. The van der Waals surface area contributed by atoms with E-state index in [0.29, 0.717) is 13.1 Å². The lowest BCUT2D eigenvalue weighted by Gasteiger charge is -2.18. The van der Waals surface area contributed by atoms with Gasteiger partial charge in [0.15, 0.2) is 0 Å². The van der Waals surface area contributed by atoms with Gasteiger partial charge < -0.3 is 14.6 Å². The third kappa shape index (κ3) is 4.05. The zero-order valence-electron chi connectivity index (χ0n) is 13.1. The summed E-state index contributed by atoms with van der Waals surface area (Å²) in [5.41, 5.74) is -0.0235. The highest BCUT2D eigenvalue weighted by Gasteiger charge is 2.26. The molecular formula is C13H23N3O4S. The first-order valence-electron chi connectivity index (χ1n) is 6.63. The molecule has 0 radical (unpaired) electrons. The van der Waals surface area contributed by atoms with Crippen molar-refractivity contribution in [3.8, 4) is 0 Å². The molecule has 0 atom stereocenters. The topological polar surface area (TPSA) is 82.9 Å². The van der Waals surface area contributed by atoms with Crippen LogP contribution in [-0.4, -0.2) is 67.5 Å². The SMILES string of the molecule is CC(C)n1cc(S(=O)(=O)N(C)CCN(C)C)cc1C(=O)O. The number of hydrogen-bond donors (Lipinski definition) is 1. The summed E-state index contributed by atoms with van der Waals surface area (Å²) in [7, 11) is 1.53. The fourth-order valence-electron chi connectivity index (χ4n) is 1.83. The summed E-state index contributed by atoms with van der Waals surface area (Å²) in [6.07, 6.45) is 1.38. The first kappa shape index (κ1) is 17.7. The van der Waals surface area contributed by atoms with Gasteiger partial charge in [0.05, 0.1) is 0 Å². The minimum absolute atomic E-state index is 0.00913. The van der Waals surface area contributed by atoms with Gasteiger partial charge in [-0.1, -0.05) is 0 Å². The van der Waals surface area contributed by atoms with Crippen LogP contribution >= 0.6 is 0 Å². The van der Waals surface area contributed by atoms with E-state index in [-0.39, 0.29) is 16.6 Å². The maximum absolute atomic E-state index is 12.5. The average Bonchev–Trinajstić information content (AvgIpc) is 2.81. The number of aromatic carboxylic acids is 1. The van der Waals surface area contributed by atoms with Crippen LogP contribution in [0.15, 0.2) is 17.2 Å². The Morgan fingerprint density at radius 3 is 2.24 bits per heavy atom. The largest absolute Gasteiger partial charge is 0.477 e. The zero-order chi connectivity index (χ0) is 16.4. The Morgan fingerprint density at radius 1 is 1.29 bits per heavy atom. The number of hydrogen-bond acceptors (Lipinski definition) is 4. The molecule has 0 unspecified atom stereocenters. The molecular weight excluding hydrogens is 294 g/mol. The lowest BCUT2D eigenvalue weighted by atomic mass is 10.3. The van der Waals surface area contributed by atoms with Crippen molar-refractivity contribution < 1.29 is 18.3 Å². The molecule has 120 valence electrons. The third-order valence-corrected chi connectivity index (χ3v) is 4.99. The lowest BCUT2D eigenvalue weighted by Crippen LogP contribution is -2.33. The van der Waals surface area contributed by atoms with Crippen LogP contribution in [0.25, 0.3) is 0 Å². The quantitative estimate of drug-likeness (QED) is 0.809. The maximum Gasteiger partial charge on any atom is 0.352 e. The van der Waals surface area contributed by atoms with E-state index >= 15 is 0 Å². The summed E-state index contributed by atoms with van der Waals surface area (Å²) in [6, 6.07) is 1.08. The van der Waals surface area contributed by atoms with Crippen LogP contribution in [0.4, 0.5) is 0 Å². The van der Waals surface area contributed by atoms with E-state index in [1.54, 1.807) is 13.8 Å². The molecule has 7 nitrogen and oxygen atoms in total. The molecule has 1 rings (SSSR count). The molecule has 0 aliphatic heterocycles. The second kappa shape index (κ2) is 6.59. The predicted octanol–water partition coefficient (Wildman–Crippen LogP) is 0.949. The summed E-state index contributed by atoms with van der Waals surface area (Å²) in [6.45, 7) is 4.54. The van der Waals surface area contributed by atoms with Crippen molar-refractivity contribution in [2.75, 3.05) is 34.2 Å². The van der Waals surface area contributed by atoms with Crippen LogP contribution in [-0.2, 0) is 10.0 Å². The van der Waals surface area contributed by atoms with Crippen LogP contribution < -0.4 is 0 Å². The van der Waals surface area contributed by atoms with Crippen molar-refractivity contribution in [3.63, 3.8) is 0 Å². The predicted molar refractivity (Wildman–Crippen MR) is 80.1 cm³/mol. The smallest absolute Gasteiger partial charge is 0.352 e. The van der Waals surface area contributed by atoms with Crippen molar-refractivity contribution in [3.05, 3.63) is 18.0 Å². The highest BCUT2D eigenvalue weighted by atomic mass is 32.2. The van der Waals surface area contributed by atoms with E-state index in [9.17, 15) is 18.3 Å². The molecule has 8 heteroatoms. The molecule has 1 N–H and O–H groups in total. The van der Waals surface area contributed by atoms with Gasteiger partial charge in [-0.15, -0.1) is 0 Å². The van der Waals surface area contributed by atoms with Crippen LogP contribution in [0.1, 0.15) is 30.4 Å². The van der Waals surface area contributed by atoms with Gasteiger partial charge in [-0.2, -0.15) is 4.31 Å². The Hall–Kier alpha value is -1.38. The highest BCUT2D eigenvalue weighted by molar-refractivity contribution is 7.89. The lowest BCUT2D eigenvalue weighted by molar-refractivity contribution is 0.0683. The van der Waals surface area contributed by atoms with Gasteiger partial charge in [0.25, 0.3) is 0 Å². The Kier molecular flexibility index (Phi) is 5.54. The molecule has 1 aromatic rings. The van der Waals surface area contributed by atoms with Gasteiger partial charge in [-0.05, 0) is 34.0 Å². The first-order valence-corrected chi connectivity index (χ1v) is 8.07. The number of rotatable bonds is 7. The Bertz CT molecular complexity index is 605. The van der Waals surface area contributed by atoms with E-state index in [1.165, 1.54) is 28.2 Å². The Morgan fingerprint density at radius 2 is 1.86 bits per heavy atom. The van der Waals surface area contributed by atoms with Crippen LogP contribution in [0, 0.1) is 0 Å². The summed E-state index contributed by atoms with van der Waals surface area (Å²) >= 11 is 0. The fourth-order valence-corrected chi connectivity index (χ4v) is 3.02. The van der Waals surface area contributed by atoms with Crippen LogP contribution in [0.5, 0.6) is 0 Å². The number of carbonyl (C=O) groups is 1. The molecule has 0 aliphatic carbocycles. The van der Waals surface area contributed by atoms with E-state index in [2.05, 4.69) is 0 Å². The molecule has 0 saturated heterocycles. The molecule has 0 fully saturated rings. The monoisotopic (exact) mass is 317 g/mol. The second-order valence-corrected chi connectivity index (χ2v) is 7.54. The van der Waals surface area contributed by atoms with E-state index < -0.39 is 16.0 Å². The van der Waals surface area contributed by atoms with Crippen molar-refractivity contribution in [1.29, 1.82) is 0 Å². The summed E-state index contributed by atoms with van der Waals surface area (Å²) < 4.78 is 27.6. The van der Waals surface area contributed by atoms with Crippen molar-refractivity contribution in [2.45, 2.75) is 24.8 Å². The van der Waals surface area contributed by atoms with E-state index in [0.717, 1.165) is 0 Å². The van der Waals surface area contributed by atoms with Crippen molar-refractivity contribution in [1.82, 2.24) is 13.8 Å². The number of carboxylic acid groups (broad SMARTS) is 1. The molecule has 0 bridgehead atoms. The maximum atomic E-state index is 12.5. The number of aromatic nitrogens is 1. The first-order chi connectivity index (χ1) is 9.57. The molecule has 21 heavy (non-hydrogen) atoms. The van der Waals surface area contributed by atoms with Crippen LogP contribution in [0.2, 0.25) is 0 Å². The van der Waals surface area contributed by atoms with Crippen molar-refractivity contribution >= 4 is 16.0 Å². The number of nitrogens with zero attached hydrogens (tertiary/aromatic N) is 3. The van der Waals surface area contributed by atoms with Crippen LogP contribution in [0.3, 0.4) is 0 Å². The van der Waals surface area contributed by atoms with E-state index in [4.69, 9.17) is 0 Å². The zero-order valence-corrected chi connectivity index (χ0v) is 13.9. The molecule has 1 heterocycles. The molecule has 0 amide bonds. The van der Waals surface area contributed by atoms with Gasteiger partial charge in [-0.3, -0.25) is 0 Å². The molecule has 0 saturated carbocycles. The standard InChI is InChI=1S/C13H23N3O4S/c1-10(2)16-9-11(8-12(16)13(17)18)21(19,20)15(5)7-6-14(3)4/h8-10H,6-7H2,1-5H3,(H,17,18). The van der Waals surface area contributed by atoms with Crippen molar-refractivity contribution in [2.24, 2.45) is 0 Å². The molecule has 0 aromatic carbocycles. The van der Waals surface area contributed by atoms with Gasteiger partial charge in [0, 0.05) is 32.4 Å². The average molecular weight is 317 g/mol. The molecule has 0 aliphatic rings. The Labute approximate surface area is 125 Å². The van der Waals surface area contributed by atoms with Gasteiger partial charge in [0.2, 0.25) is 10.0 Å². The minimum Gasteiger partial charge on any atom is -0.477 e. The number of carboxylic acids is 1. The molecule has 1 aromatic heterocycles. The van der Waals surface area contributed by atoms with Gasteiger partial charge in [-0.25, -0.2) is 13.2 Å². The fraction of sp³-hybridized carbons (Fsp3) is 0.615. The normalized spacial score (nSPS) is 12.6. The molecule has 0 spiro atoms. The minimum atomic E-state index is -3.68. The Balaban J connectivity index is 3.14. The number of likely N-dealkylation sites (N-methyl/N-ethyl adjacent to an activating group) is 2.